The van der Waals surface area contributed by atoms with Crippen molar-refractivity contribution in [3.63, 3.8) is 0 Å². The van der Waals surface area contributed by atoms with Gasteiger partial charge in [-0.1, -0.05) is 18.2 Å². The number of rotatable bonds is 5. The van der Waals surface area contributed by atoms with Gasteiger partial charge in [0.05, 0.1) is 18.3 Å². The van der Waals surface area contributed by atoms with Crippen molar-refractivity contribution in [3.8, 4) is 0 Å². The molecule has 27 heavy (non-hydrogen) atoms. The van der Waals surface area contributed by atoms with Gasteiger partial charge in [-0.05, 0) is 19.1 Å². The molecular formula is C18H20N2O7. The molecule has 3 rings (SSSR count). The predicted octanol–water partition coefficient (Wildman–Crippen LogP) is -0.287. The van der Waals surface area contributed by atoms with E-state index in [0.29, 0.717) is 11.1 Å². The first-order valence-corrected chi connectivity index (χ1v) is 8.37. The van der Waals surface area contributed by atoms with Crippen molar-refractivity contribution in [1.82, 2.24) is 9.55 Å². The smallest absolute Gasteiger partial charge is 0.338 e. The van der Waals surface area contributed by atoms with Gasteiger partial charge >= 0.3 is 11.7 Å². The number of hydrogen-bond donors (Lipinski definition) is 3. The molecule has 9 nitrogen and oxygen atoms in total. The molecule has 1 saturated heterocycles. The number of ether oxygens (including phenoxy) is 2. The van der Waals surface area contributed by atoms with E-state index in [1.54, 1.807) is 30.3 Å². The van der Waals surface area contributed by atoms with Gasteiger partial charge in [-0.15, -0.1) is 0 Å². The number of hydrogen-bond acceptors (Lipinski definition) is 7. The van der Waals surface area contributed by atoms with Gasteiger partial charge in [0.15, 0.2) is 5.60 Å². The van der Waals surface area contributed by atoms with Crippen LogP contribution in [0.1, 0.15) is 28.6 Å². The summed E-state index contributed by atoms with van der Waals surface area (Å²) in [7, 11) is 0. The van der Waals surface area contributed by atoms with Gasteiger partial charge in [-0.25, -0.2) is 9.59 Å². The van der Waals surface area contributed by atoms with Crippen LogP contribution in [0.4, 0.5) is 0 Å². The van der Waals surface area contributed by atoms with Crippen LogP contribution in [0.15, 0.2) is 46.1 Å². The number of H-pyrrole nitrogens is 1. The van der Waals surface area contributed by atoms with E-state index in [-0.39, 0.29) is 6.42 Å². The van der Waals surface area contributed by atoms with E-state index < -0.39 is 48.4 Å². The van der Waals surface area contributed by atoms with E-state index in [0.717, 1.165) is 4.57 Å². The van der Waals surface area contributed by atoms with Crippen molar-refractivity contribution in [2.75, 3.05) is 13.2 Å². The van der Waals surface area contributed by atoms with Gasteiger partial charge in [-0.3, -0.25) is 14.3 Å². The highest BCUT2D eigenvalue weighted by atomic mass is 16.6. The second-order valence-corrected chi connectivity index (χ2v) is 6.47. The fraction of sp³-hybridized carbons (Fsp3) is 0.389. The molecule has 1 aromatic carbocycles. The zero-order chi connectivity index (χ0) is 19.6. The molecular weight excluding hydrogens is 356 g/mol. The largest absolute Gasteiger partial charge is 0.459 e. The lowest BCUT2D eigenvalue weighted by molar-refractivity contribution is -0.151. The summed E-state index contributed by atoms with van der Waals surface area (Å²) in [4.78, 5) is 37.8. The van der Waals surface area contributed by atoms with Gasteiger partial charge in [0.1, 0.15) is 12.8 Å². The normalized spacial score (nSPS) is 24.7. The maximum atomic E-state index is 12.1. The maximum Gasteiger partial charge on any atom is 0.338 e. The molecule has 2 aromatic rings. The van der Waals surface area contributed by atoms with E-state index in [9.17, 15) is 24.6 Å². The first kappa shape index (κ1) is 19.0. The number of carbonyl (C=O) groups excluding carboxylic acids is 1. The zero-order valence-electron chi connectivity index (χ0n) is 14.6. The summed E-state index contributed by atoms with van der Waals surface area (Å²) in [6.45, 7) is 0.511. The standard InChI is InChI=1S/C18H20N2O7/c1-11-8-20(17(25)19-15(11)23)14-7-13(22)18(9-21,27-14)10-26-16(24)12-5-3-2-4-6-12/h2-6,8,13-14,21-22H,7,9-10H2,1H3,(H,19,23,25)/t13?,14-,18+/m1/s1. The Balaban J connectivity index is 1.78. The van der Waals surface area contributed by atoms with Crippen LogP contribution in [-0.4, -0.2) is 50.7 Å². The summed E-state index contributed by atoms with van der Waals surface area (Å²) in [5, 5.41) is 20.2. The Morgan fingerprint density at radius 3 is 2.74 bits per heavy atom. The number of nitrogens with zero attached hydrogens (tertiary/aromatic N) is 1. The highest BCUT2D eigenvalue weighted by Crippen LogP contribution is 2.36. The second-order valence-electron chi connectivity index (χ2n) is 6.47. The molecule has 3 N–H and O–H groups in total. The summed E-state index contributed by atoms with van der Waals surface area (Å²) >= 11 is 0. The minimum Gasteiger partial charge on any atom is -0.459 e. The Morgan fingerprint density at radius 2 is 2.07 bits per heavy atom. The van der Waals surface area contributed by atoms with Gasteiger partial charge in [0.2, 0.25) is 0 Å². The van der Waals surface area contributed by atoms with Crippen LogP contribution in [-0.2, 0) is 9.47 Å². The molecule has 1 aliphatic heterocycles. The first-order valence-electron chi connectivity index (χ1n) is 8.37. The molecule has 1 aliphatic rings. The minimum absolute atomic E-state index is 0.0190. The average Bonchev–Trinajstić information content (AvgIpc) is 3.00. The summed E-state index contributed by atoms with van der Waals surface area (Å²) in [6.07, 6.45) is -0.808. The van der Waals surface area contributed by atoms with Crippen LogP contribution in [0.25, 0.3) is 0 Å². The molecule has 2 heterocycles. The fourth-order valence-corrected chi connectivity index (χ4v) is 2.94. The molecule has 144 valence electrons. The highest BCUT2D eigenvalue weighted by molar-refractivity contribution is 5.89. The summed E-state index contributed by atoms with van der Waals surface area (Å²) in [6, 6.07) is 8.27. The van der Waals surface area contributed by atoms with Crippen molar-refractivity contribution in [2.24, 2.45) is 0 Å². The Hall–Kier alpha value is -2.75. The SMILES string of the molecule is Cc1cn([C@H]2CC(O)[C@](CO)(COC(=O)c3ccccc3)O2)c(=O)[nH]c1=O. The molecule has 3 atom stereocenters. The van der Waals surface area contributed by atoms with Gasteiger partial charge in [0.25, 0.3) is 5.56 Å². The molecule has 0 saturated carbocycles. The number of aryl methyl sites for hydroxylation is 1. The number of aliphatic hydroxyl groups is 2. The Kier molecular flexibility index (Phi) is 5.26. The lowest BCUT2D eigenvalue weighted by atomic mass is 9.99. The number of aliphatic hydroxyl groups excluding tert-OH is 2. The quantitative estimate of drug-likeness (QED) is 0.611. The summed E-state index contributed by atoms with van der Waals surface area (Å²) in [5.74, 6) is -0.625. The van der Waals surface area contributed by atoms with Gasteiger partial charge < -0.3 is 19.7 Å². The van der Waals surface area contributed by atoms with Crippen LogP contribution in [0, 0.1) is 6.92 Å². The maximum absolute atomic E-state index is 12.1. The van der Waals surface area contributed by atoms with Crippen LogP contribution < -0.4 is 11.2 Å². The van der Waals surface area contributed by atoms with Crippen molar-refractivity contribution < 1.29 is 24.5 Å². The molecule has 1 aromatic heterocycles. The van der Waals surface area contributed by atoms with E-state index >= 15 is 0 Å². The third-order valence-electron chi connectivity index (χ3n) is 4.58. The number of nitrogens with one attached hydrogen (secondary N) is 1. The first-order chi connectivity index (χ1) is 12.9. The van der Waals surface area contributed by atoms with Gasteiger partial charge in [0, 0.05) is 18.2 Å². The number of benzene rings is 1. The number of aromatic nitrogens is 2. The molecule has 9 heteroatoms. The third kappa shape index (κ3) is 3.70. The molecule has 0 spiro atoms. The topological polar surface area (TPSA) is 131 Å². The molecule has 0 radical (unpaired) electrons. The third-order valence-corrected chi connectivity index (χ3v) is 4.58. The number of carbonyl (C=O) groups is 1. The summed E-state index contributed by atoms with van der Waals surface area (Å²) in [5.41, 5.74) is -2.16. The molecule has 0 aliphatic carbocycles. The Bertz CT molecular complexity index is 937. The van der Waals surface area contributed by atoms with Crippen molar-refractivity contribution in [3.05, 3.63) is 68.5 Å². The average molecular weight is 376 g/mol. The summed E-state index contributed by atoms with van der Waals surface area (Å²) < 4.78 is 12.1. The van der Waals surface area contributed by atoms with E-state index in [1.165, 1.54) is 13.1 Å². The van der Waals surface area contributed by atoms with Crippen molar-refractivity contribution in [2.45, 2.75) is 31.3 Å². The van der Waals surface area contributed by atoms with Crippen LogP contribution in [0.2, 0.25) is 0 Å². The number of esters is 1. The highest BCUT2D eigenvalue weighted by Gasteiger charge is 2.50. The van der Waals surface area contributed by atoms with E-state index in [1.807, 2.05) is 0 Å². The van der Waals surface area contributed by atoms with Crippen LogP contribution >= 0.6 is 0 Å². The molecule has 1 fully saturated rings. The van der Waals surface area contributed by atoms with Crippen molar-refractivity contribution in [1.29, 1.82) is 0 Å². The molecule has 0 amide bonds. The van der Waals surface area contributed by atoms with E-state index in [2.05, 4.69) is 4.98 Å². The van der Waals surface area contributed by atoms with E-state index in [4.69, 9.17) is 9.47 Å². The zero-order valence-corrected chi connectivity index (χ0v) is 14.6. The predicted molar refractivity (Wildman–Crippen MR) is 93.3 cm³/mol. The fourth-order valence-electron chi connectivity index (χ4n) is 2.94. The second kappa shape index (κ2) is 7.47. The lowest BCUT2D eigenvalue weighted by Crippen LogP contribution is -2.48. The van der Waals surface area contributed by atoms with Crippen LogP contribution in [0.3, 0.4) is 0 Å². The molecule has 0 bridgehead atoms. The Labute approximate surface area is 153 Å². The minimum atomic E-state index is -1.57. The Morgan fingerprint density at radius 1 is 1.37 bits per heavy atom. The van der Waals surface area contributed by atoms with Crippen molar-refractivity contribution >= 4 is 5.97 Å². The van der Waals surface area contributed by atoms with Crippen LogP contribution in [0.5, 0.6) is 0 Å². The van der Waals surface area contributed by atoms with Gasteiger partial charge in [-0.2, -0.15) is 0 Å². The molecule has 1 unspecified atom stereocenters. The monoisotopic (exact) mass is 376 g/mol. The lowest BCUT2D eigenvalue weighted by Gasteiger charge is -2.29. The number of aromatic amines is 1.